The molecule has 2 atom stereocenters. The van der Waals surface area contributed by atoms with Crippen LogP contribution < -0.4 is 15.5 Å². The minimum atomic E-state index is -0.228. The van der Waals surface area contributed by atoms with Gasteiger partial charge in [0.2, 0.25) is 11.8 Å². The fourth-order valence-corrected chi connectivity index (χ4v) is 3.95. The van der Waals surface area contributed by atoms with Crippen LogP contribution in [0.15, 0.2) is 54.6 Å². The zero-order chi connectivity index (χ0) is 20.2. The fraction of sp³-hybridized carbons (Fsp3) is 0.417. The van der Waals surface area contributed by atoms with Gasteiger partial charge in [-0.3, -0.25) is 9.59 Å². The summed E-state index contributed by atoms with van der Waals surface area (Å²) in [5.74, 6) is 0.261. The average Bonchev–Trinajstić information content (AvgIpc) is 3.55. The lowest BCUT2D eigenvalue weighted by Gasteiger charge is -2.32. The molecule has 5 heteroatoms. The summed E-state index contributed by atoms with van der Waals surface area (Å²) in [5, 5.41) is 5.89. The highest BCUT2D eigenvalue weighted by molar-refractivity contribution is 5.99. The molecule has 2 aromatic rings. The summed E-state index contributed by atoms with van der Waals surface area (Å²) in [6.07, 6.45) is 3.08. The number of hydrogen-bond donors (Lipinski definition) is 2. The first kappa shape index (κ1) is 19.5. The van der Waals surface area contributed by atoms with Gasteiger partial charge in [0.15, 0.2) is 0 Å². The van der Waals surface area contributed by atoms with Gasteiger partial charge in [0.05, 0.1) is 11.8 Å². The molecule has 152 valence electrons. The first-order valence-corrected chi connectivity index (χ1v) is 10.6. The number of hydrogen-bond acceptors (Lipinski definition) is 3. The molecule has 5 nitrogen and oxygen atoms in total. The topological polar surface area (TPSA) is 61.4 Å². The Morgan fingerprint density at radius 3 is 2.28 bits per heavy atom. The SMILES string of the molecule is CC1CCN(c2ccc(NC(=O)C3CC3C(=O)NCc3ccccc3)cc2)CC1. The second kappa shape index (κ2) is 8.68. The average molecular weight is 392 g/mol. The maximum Gasteiger partial charge on any atom is 0.228 e. The molecule has 1 saturated heterocycles. The Kier molecular flexibility index (Phi) is 5.84. The second-order valence-electron chi connectivity index (χ2n) is 8.36. The van der Waals surface area contributed by atoms with Crippen molar-refractivity contribution in [3.63, 3.8) is 0 Å². The van der Waals surface area contributed by atoms with Gasteiger partial charge in [-0.1, -0.05) is 37.3 Å². The molecule has 0 spiro atoms. The van der Waals surface area contributed by atoms with Crippen molar-refractivity contribution in [3.8, 4) is 0 Å². The van der Waals surface area contributed by atoms with E-state index in [-0.39, 0.29) is 23.7 Å². The number of carbonyl (C=O) groups excluding carboxylic acids is 2. The zero-order valence-electron chi connectivity index (χ0n) is 16.9. The zero-order valence-corrected chi connectivity index (χ0v) is 16.9. The highest BCUT2D eigenvalue weighted by atomic mass is 16.2. The Morgan fingerprint density at radius 2 is 1.59 bits per heavy atom. The largest absolute Gasteiger partial charge is 0.372 e. The van der Waals surface area contributed by atoms with E-state index in [4.69, 9.17) is 0 Å². The van der Waals surface area contributed by atoms with Crippen molar-refractivity contribution >= 4 is 23.2 Å². The second-order valence-corrected chi connectivity index (χ2v) is 8.36. The number of rotatable bonds is 6. The van der Waals surface area contributed by atoms with E-state index in [1.165, 1.54) is 18.5 Å². The number of benzene rings is 2. The maximum atomic E-state index is 12.5. The first-order chi connectivity index (χ1) is 14.1. The Bertz CT molecular complexity index is 842. The first-order valence-electron chi connectivity index (χ1n) is 10.6. The monoisotopic (exact) mass is 391 g/mol. The maximum absolute atomic E-state index is 12.5. The summed E-state index contributed by atoms with van der Waals surface area (Å²) in [5.41, 5.74) is 3.06. The van der Waals surface area contributed by atoms with Crippen LogP contribution >= 0.6 is 0 Å². The molecule has 1 aliphatic heterocycles. The quantitative estimate of drug-likeness (QED) is 0.787. The van der Waals surface area contributed by atoms with E-state index in [2.05, 4.69) is 34.6 Å². The van der Waals surface area contributed by atoms with Crippen molar-refractivity contribution in [3.05, 3.63) is 60.2 Å². The number of amides is 2. The van der Waals surface area contributed by atoms with Crippen LogP contribution in [0.1, 0.15) is 31.7 Å². The Morgan fingerprint density at radius 1 is 0.931 bits per heavy atom. The highest BCUT2D eigenvalue weighted by Crippen LogP contribution is 2.39. The number of carbonyl (C=O) groups is 2. The molecule has 1 heterocycles. The van der Waals surface area contributed by atoms with Crippen molar-refractivity contribution in [1.82, 2.24) is 5.32 Å². The number of piperidine rings is 1. The van der Waals surface area contributed by atoms with Crippen LogP contribution in [0.2, 0.25) is 0 Å². The van der Waals surface area contributed by atoms with Crippen LogP contribution in [0, 0.1) is 17.8 Å². The van der Waals surface area contributed by atoms with Crippen LogP contribution in [0.3, 0.4) is 0 Å². The minimum Gasteiger partial charge on any atom is -0.372 e. The van der Waals surface area contributed by atoms with E-state index < -0.39 is 0 Å². The fourth-order valence-electron chi connectivity index (χ4n) is 3.95. The van der Waals surface area contributed by atoms with Gasteiger partial charge in [-0.05, 0) is 55.0 Å². The van der Waals surface area contributed by atoms with E-state index in [1.807, 2.05) is 42.5 Å². The molecule has 1 aliphatic carbocycles. The normalized spacial score (nSPS) is 21.5. The predicted molar refractivity (Wildman–Crippen MR) is 116 cm³/mol. The summed E-state index contributed by atoms with van der Waals surface area (Å²) >= 11 is 0. The molecule has 29 heavy (non-hydrogen) atoms. The summed E-state index contributed by atoms with van der Waals surface area (Å²) in [7, 11) is 0. The molecule has 0 radical (unpaired) electrons. The number of nitrogens with zero attached hydrogens (tertiary/aromatic N) is 1. The smallest absolute Gasteiger partial charge is 0.228 e. The van der Waals surface area contributed by atoms with E-state index in [1.54, 1.807) is 0 Å². The van der Waals surface area contributed by atoms with Gasteiger partial charge >= 0.3 is 0 Å². The van der Waals surface area contributed by atoms with E-state index >= 15 is 0 Å². The van der Waals surface area contributed by atoms with Crippen LogP contribution in [-0.4, -0.2) is 24.9 Å². The third-order valence-electron chi connectivity index (χ3n) is 6.06. The number of nitrogens with one attached hydrogen (secondary N) is 2. The summed E-state index contributed by atoms with van der Waals surface area (Å²) in [6, 6.07) is 17.9. The standard InChI is InChI=1S/C24H29N3O2/c1-17-11-13-27(14-12-17)20-9-7-19(8-10-20)26-24(29)22-15-21(22)23(28)25-16-18-5-3-2-4-6-18/h2-10,17,21-22H,11-16H2,1H3,(H,25,28)(H,26,29). The molecule has 2 unspecified atom stereocenters. The number of anilines is 2. The molecule has 0 aromatic heterocycles. The molecule has 2 amide bonds. The van der Waals surface area contributed by atoms with Crippen molar-refractivity contribution in [2.75, 3.05) is 23.3 Å². The summed E-state index contributed by atoms with van der Waals surface area (Å²) in [4.78, 5) is 27.2. The molecule has 2 N–H and O–H groups in total. The van der Waals surface area contributed by atoms with Gasteiger partial charge < -0.3 is 15.5 Å². The van der Waals surface area contributed by atoms with Gasteiger partial charge in [0.25, 0.3) is 0 Å². The third-order valence-corrected chi connectivity index (χ3v) is 6.06. The van der Waals surface area contributed by atoms with Crippen molar-refractivity contribution in [2.45, 2.75) is 32.7 Å². The summed E-state index contributed by atoms with van der Waals surface area (Å²) in [6.45, 7) is 4.99. The van der Waals surface area contributed by atoms with Gasteiger partial charge in [-0.25, -0.2) is 0 Å². The Balaban J connectivity index is 1.24. The van der Waals surface area contributed by atoms with Gasteiger partial charge in [-0.15, -0.1) is 0 Å². The lowest BCUT2D eigenvalue weighted by Crippen LogP contribution is -2.32. The van der Waals surface area contributed by atoms with Crippen LogP contribution in [0.4, 0.5) is 11.4 Å². The molecule has 0 bridgehead atoms. The molecular weight excluding hydrogens is 362 g/mol. The van der Waals surface area contributed by atoms with E-state index in [0.29, 0.717) is 13.0 Å². The minimum absolute atomic E-state index is 0.0383. The van der Waals surface area contributed by atoms with Gasteiger partial charge in [-0.2, -0.15) is 0 Å². The Labute approximate surface area is 172 Å². The molecule has 1 saturated carbocycles. The van der Waals surface area contributed by atoms with E-state index in [9.17, 15) is 9.59 Å². The molecule has 2 aromatic carbocycles. The third kappa shape index (κ3) is 4.97. The lowest BCUT2D eigenvalue weighted by atomic mass is 9.99. The van der Waals surface area contributed by atoms with Crippen molar-refractivity contribution in [2.24, 2.45) is 17.8 Å². The predicted octanol–water partition coefficient (Wildman–Crippen LogP) is 3.81. The van der Waals surface area contributed by atoms with Crippen LogP contribution in [0.25, 0.3) is 0 Å². The van der Waals surface area contributed by atoms with Crippen LogP contribution in [-0.2, 0) is 16.1 Å². The van der Waals surface area contributed by atoms with Crippen molar-refractivity contribution < 1.29 is 9.59 Å². The van der Waals surface area contributed by atoms with E-state index in [0.717, 1.165) is 30.3 Å². The molecule has 2 aliphatic rings. The molecule has 2 fully saturated rings. The highest BCUT2D eigenvalue weighted by Gasteiger charge is 2.47. The van der Waals surface area contributed by atoms with Gasteiger partial charge in [0.1, 0.15) is 0 Å². The van der Waals surface area contributed by atoms with Gasteiger partial charge in [0, 0.05) is 31.0 Å². The van der Waals surface area contributed by atoms with Crippen LogP contribution in [0.5, 0.6) is 0 Å². The van der Waals surface area contributed by atoms with Crippen molar-refractivity contribution in [1.29, 1.82) is 0 Å². The Hall–Kier alpha value is -2.82. The summed E-state index contributed by atoms with van der Waals surface area (Å²) < 4.78 is 0. The molecule has 4 rings (SSSR count). The molecular formula is C24H29N3O2. The lowest BCUT2D eigenvalue weighted by molar-refractivity contribution is -0.125.